The molecule has 0 aliphatic carbocycles. The number of para-hydroxylation sites is 1. The van der Waals surface area contributed by atoms with Crippen molar-refractivity contribution in [2.45, 2.75) is 26.4 Å². The van der Waals surface area contributed by atoms with Crippen LogP contribution in [0, 0.1) is 0 Å². The van der Waals surface area contributed by atoms with Crippen LogP contribution in [-0.4, -0.2) is 9.55 Å². The Balaban J connectivity index is 1.89. The maximum Gasteiger partial charge on any atom is 0.112 e. The van der Waals surface area contributed by atoms with Gasteiger partial charge in [-0.05, 0) is 31.5 Å². The lowest BCUT2D eigenvalue weighted by atomic mass is 10.2. The van der Waals surface area contributed by atoms with Crippen molar-refractivity contribution in [3.63, 3.8) is 0 Å². The summed E-state index contributed by atoms with van der Waals surface area (Å²) in [6.45, 7) is 5.16. The molecule has 20 heavy (non-hydrogen) atoms. The first kappa shape index (κ1) is 12.7. The Labute approximate surface area is 119 Å². The summed E-state index contributed by atoms with van der Waals surface area (Å²) >= 11 is 0. The third kappa shape index (κ3) is 2.39. The molecule has 0 radical (unpaired) electrons. The Morgan fingerprint density at radius 1 is 1.05 bits per heavy atom. The smallest absolute Gasteiger partial charge is 0.112 e. The summed E-state index contributed by atoms with van der Waals surface area (Å²) in [5.41, 5.74) is 4.58. The van der Waals surface area contributed by atoms with Crippen molar-refractivity contribution >= 4 is 16.7 Å². The van der Waals surface area contributed by atoms with Gasteiger partial charge in [-0.15, -0.1) is 0 Å². The van der Waals surface area contributed by atoms with Crippen molar-refractivity contribution < 1.29 is 0 Å². The maximum absolute atomic E-state index is 4.55. The van der Waals surface area contributed by atoms with Crippen LogP contribution in [0.4, 0.5) is 5.69 Å². The number of benzene rings is 2. The minimum atomic E-state index is 0.421. The minimum Gasteiger partial charge on any atom is -0.379 e. The van der Waals surface area contributed by atoms with E-state index in [9.17, 15) is 0 Å². The van der Waals surface area contributed by atoms with Gasteiger partial charge in [-0.25, -0.2) is 4.98 Å². The highest BCUT2D eigenvalue weighted by Gasteiger charge is 2.08. The summed E-state index contributed by atoms with van der Waals surface area (Å²) in [7, 11) is 0. The molecule has 0 atom stereocenters. The van der Waals surface area contributed by atoms with Crippen LogP contribution in [-0.2, 0) is 6.54 Å². The van der Waals surface area contributed by atoms with Crippen LogP contribution in [0.1, 0.15) is 25.5 Å². The molecule has 1 heterocycles. The minimum absolute atomic E-state index is 0.421. The summed E-state index contributed by atoms with van der Waals surface area (Å²) < 4.78 is 2.20. The van der Waals surface area contributed by atoms with Gasteiger partial charge in [0.15, 0.2) is 0 Å². The fourth-order valence-electron chi connectivity index (χ4n) is 2.40. The number of nitrogens with one attached hydrogen (secondary N) is 1. The first-order valence-corrected chi connectivity index (χ1v) is 6.99. The number of rotatable bonds is 4. The van der Waals surface area contributed by atoms with Crippen LogP contribution in [0.2, 0.25) is 0 Å². The third-order valence-corrected chi connectivity index (χ3v) is 3.49. The molecule has 0 bridgehead atoms. The van der Waals surface area contributed by atoms with Crippen molar-refractivity contribution in [1.82, 2.24) is 9.55 Å². The van der Waals surface area contributed by atoms with Crippen LogP contribution >= 0.6 is 0 Å². The monoisotopic (exact) mass is 265 g/mol. The van der Waals surface area contributed by atoms with Crippen molar-refractivity contribution in [3.05, 3.63) is 60.4 Å². The molecule has 3 nitrogen and oxygen atoms in total. The van der Waals surface area contributed by atoms with Crippen molar-refractivity contribution in [2.24, 2.45) is 0 Å². The normalized spacial score (nSPS) is 11.2. The van der Waals surface area contributed by atoms with E-state index in [1.54, 1.807) is 0 Å². The second kappa shape index (κ2) is 5.37. The number of imidazole rings is 1. The lowest BCUT2D eigenvalue weighted by Gasteiger charge is -2.10. The van der Waals surface area contributed by atoms with E-state index in [1.165, 1.54) is 11.1 Å². The van der Waals surface area contributed by atoms with Crippen molar-refractivity contribution in [2.75, 3.05) is 5.32 Å². The highest BCUT2D eigenvalue weighted by atomic mass is 15.1. The van der Waals surface area contributed by atoms with E-state index in [0.717, 1.165) is 17.7 Å². The number of aromatic nitrogens is 2. The highest BCUT2D eigenvalue weighted by Crippen LogP contribution is 2.24. The molecule has 2 aromatic carbocycles. The number of hydrogen-bond donors (Lipinski definition) is 1. The zero-order chi connectivity index (χ0) is 13.9. The van der Waals surface area contributed by atoms with Gasteiger partial charge < -0.3 is 9.88 Å². The molecule has 0 aliphatic heterocycles. The summed E-state index contributed by atoms with van der Waals surface area (Å²) in [4.78, 5) is 4.55. The summed E-state index contributed by atoms with van der Waals surface area (Å²) in [5.74, 6) is 0. The molecular formula is C17H19N3. The fourth-order valence-corrected chi connectivity index (χ4v) is 2.40. The SMILES string of the molecule is CC(C)n1cnc2c(NCc3ccccc3)cccc21. The van der Waals surface area contributed by atoms with E-state index < -0.39 is 0 Å². The molecule has 0 unspecified atom stereocenters. The Hall–Kier alpha value is -2.29. The number of fused-ring (bicyclic) bond motifs is 1. The molecule has 102 valence electrons. The van der Waals surface area contributed by atoms with Gasteiger partial charge in [0.05, 0.1) is 17.5 Å². The van der Waals surface area contributed by atoms with Crippen LogP contribution in [0.15, 0.2) is 54.9 Å². The second-order valence-corrected chi connectivity index (χ2v) is 5.26. The lowest BCUT2D eigenvalue weighted by Crippen LogP contribution is -2.01. The van der Waals surface area contributed by atoms with Crippen molar-refractivity contribution in [1.29, 1.82) is 0 Å². The molecule has 0 fully saturated rings. The molecule has 0 amide bonds. The van der Waals surface area contributed by atoms with Gasteiger partial charge in [0.25, 0.3) is 0 Å². The molecule has 1 aromatic heterocycles. The molecule has 3 heteroatoms. The van der Waals surface area contributed by atoms with Crippen LogP contribution < -0.4 is 5.32 Å². The molecular weight excluding hydrogens is 246 g/mol. The highest BCUT2D eigenvalue weighted by molar-refractivity contribution is 5.88. The first-order valence-electron chi connectivity index (χ1n) is 6.99. The predicted octanol–water partition coefficient (Wildman–Crippen LogP) is 4.23. The average Bonchev–Trinajstić information content (AvgIpc) is 2.91. The number of hydrogen-bond acceptors (Lipinski definition) is 2. The quantitative estimate of drug-likeness (QED) is 0.765. The summed E-state index contributed by atoms with van der Waals surface area (Å²) in [6, 6.07) is 17.1. The summed E-state index contributed by atoms with van der Waals surface area (Å²) in [5, 5.41) is 3.48. The average molecular weight is 265 g/mol. The molecule has 0 spiro atoms. The molecule has 0 saturated heterocycles. The van der Waals surface area contributed by atoms with Crippen molar-refractivity contribution in [3.8, 4) is 0 Å². The molecule has 0 aliphatic rings. The standard InChI is InChI=1S/C17H19N3/c1-13(2)20-12-19-17-15(9-6-10-16(17)20)18-11-14-7-4-3-5-8-14/h3-10,12-13,18H,11H2,1-2H3. The van der Waals surface area contributed by atoms with E-state index in [1.807, 2.05) is 12.4 Å². The zero-order valence-electron chi connectivity index (χ0n) is 11.9. The molecule has 3 rings (SSSR count). The predicted molar refractivity (Wildman–Crippen MR) is 83.9 cm³/mol. The van der Waals surface area contributed by atoms with Gasteiger partial charge in [0.1, 0.15) is 5.52 Å². The summed E-state index contributed by atoms with van der Waals surface area (Å²) in [6.07, 6.45) is 1.92. The van der Waals surface area contributed by atoms with Crippen LogP contribution in [0.3, 0.4) is 0 Å². The van der Waals surface area contributed by atoms with Gasteiger partial charge in [0.2, 0.25) is 0 Å². The second-order valence-electron chi connectivity index (χ2n) is 5.26. The molecule has 3 aromatic rings. The largest absolute Gasteiger partial charge is 0.379 e. The third-order valence-electron chi connectivity index (χ3n) is 3.49. The van der Waals surface area contributed by atoms with E-state index in [-0.39, 0.29) is 0 Å². The van der Waals surface area contributed by atoms with E-state index >= 15 is 0 Å². The van der Waals surface area contributed by atoms with Gasteiger partial charge in [-0.1, -0.05) is 36.4 Å². The Morgan fingerprint density at radius 2 is 1.85 bits per heavy atom. The molecule has 0 saturated carbocycles. The van der Waals surface area contributed by atoms with Gasteiger partial charge >= 0.3 is 0 Å². The van der Waals surface area contributed by atoms with Crippen LogP contribution in [0.25, 0.3) is 11.0 Å². The van der Waals surface area contributed by atoms with E-state index in [2.05, 4.69) is 71.2 Å². The fraction of sp³-hybridized carbons (Fsp3) is 0.235. The van der Waals surface area contributed by atoms with Gasteiger partial charge in [0, 0.05) is 12.6 Å². The topological polar surface area (TPSA) is 29.9 Å². The lowest BCUT2D eigenvalue weighted by molar-refractivity contribution is 0.617. The Bertz CT molecular complexity index is 699. The Kier molecular flexibility index (Phi) is 3.42. The molecule has 1 N–H and O–H groups in total. The zero-order valence-corrected chi connectivity index (χ0v) is 11.9. The Morgan fingerprint density at radius 3 is 2.60 bits per heavy atom. The van der Waals surface area contributed by atoms with E-state index in [4.69, 9.17) is 0 Å². The first-order chi connectivity index (χ1) is 9.75. The number of anilines is 1. The number of nitrogens with zero attached hydrogens (tertiary/aromatic N) is 2. The maximum atomic E-state index is 4.55. The van der Waals surface area contributed by atoms with Crippen LogP contribution in [0.5, 0.6) is 0 Å². The van der Waals surface area contributed by atoms with Gasteiger partial charge in [-0.3, -0.25) is 0 Å². The van der Waals surface area contributed by atoms with E-state index in [0.29, 0.717) is 6.04 Å². The van der Waals surface area contributed by atoms with Gasteiger partial charge in [-0.2, -0.15) is 0 Å².